The minimum Gasteiger partial charge on any atom is -0.391 e. The van der Waals surface area contributed by atoms with Crippen molar-refractivity contribution in [2.24, 2.45) is 34.8 Å². The third kappa shape index (κ3) is 25.7. The molecular formula is C49H92N14O12. The Hall–Kier alpha value is -5.54. The van der Waals surface area contributed by atoms with Crippen LogP contribution in [0, 0.1) is 11.8 Å². The molecule has 1 aliphatic rings. The molecule has 1 heterocycles. The first kappa shape index (κ1) is 67.5. The Morgan fingerprint density at radius 1 is 0.560 bits per heavy atom. The first-order valence-electron chi connectivity index (χ1n) is 26.6. The first-order valence-corrected chi connectivity index (χ1v) is 26.6. The van der Waals surface area contributed by atoms with Gasteiger partial charge in [0, 0.05) is 13.0 Å². The zero-order valence-corrected chi connectivity index (χ0v) is 45.2. The Morgan fingerprint density at radius 3 is 1.44 bits per heavy atom. The van der Waals surface area contributed by atoms with Gasteiger partial charge in [0.25, 0.3) is 0 Å². The Bertz CT molecular complexity index is 1840. The number of nitrogens with one attached hydrogen (secondary N) is 10. The zero-order valence-electron chi connectivity index (χ0n) is 45.2. The largest absolute Gasteiger partial charge is 0.391 e. The molecule has 0 spiro atoms. The van der Waals surface area contributed by atoms with Crippen LogP contribution in [0.4, 0.5) is 0 Å². The van der Waals surface area contributed by atoms with Crippen LogP contribution in [0.3, 0.4) is 0 Å². The molecule has 75 heavy (non-hydrogen) atoms. The van der Waals surface area contributed by atoms with Crippen LogP contribution in [-0.4, -0.2) is 169 Å². The monoisotopic (exact) mass is 1070 g/mol. The molecule has 430 valence electrons. The van der Waals surface area contributed by atoms with Crippen molar-refractivity contribution < 1.29 is 58.2 Å². The van der Waals surface area contributed by atoms with Gasteiger partial charge in [0.15, 0.2) is 0 Å². The molecule has 1 fully saturated rings. The van der Waals surface area contributed by atoms with Crippen molar-refractivity contribution in [3.05, 3.63) is 0 Å². The normalized spacial score (nSPS) is 23.7. The van der Waals surface area contributed by atoms with Gasteiger partial charge in [-0.3, -0.25) is 47.9 Å². The van der Waals surface area contributed by atoms with E-state index < -0.39 is 139 Å². The van der Waals surface area contributed by atoms with Gasteiger partial charge in [-0.25, -0.2) is 0 Å². The smallest absolute Gasteiger partial charge is 0.245 e. The fourth-order valence-corrected chi connectivity index (χ4v) is 8.14. The van der Waals surface area contributed by atoms with Crippen LogP contribution in [0.2, 0.25) is 0 Å². The number of carbonyl (C=O) groups excluding carboxylic acids is 10. The van der Waals surface area contributed by atoms with Crippen LogP contribution in [0.25, 0.3) is 0 Å². The Kier molecular flexibility index (Phi) is 32.8. The van der Waals surface area contributed by atoms with Crippen LogP contribution >= 0.6 is 0 Å². The van der Waals surface area contributed by atoms with E-state index in [2.05, 4.69) is 60.1 Å². The number of aliphatic hydroxyl groups is 2. The summed E-state index contributed by atoms with van der Waals surface area (Å²) in [5.74, 6) is -8.80. The van der Waals surface area contributed by atoms with Crippen molar-refractivity contribution in [3.63, 3.8) is 0 Å². The van der Waals surface area contributed by atoms with E-state index >= 15 is 0 Å². The minimum absolute atomic E-state index is 0.0679. The van der Waals surface area contributed by atoms with E-state index in [0.717, 1.165) is 32.1 Å². The molecule has 0 radical (unpaired) electrons. The van der Waals surface area contributed by atoms with Gasteiger partial charge in [0.05, 0.1) is 12.2 Å². The maximum Gasteiger partial charge on any atom is 0.245 e. The predicted molar refractivity (Wildman–Crippen MR) is 280 cm³/mol. The number of rotatable bonds is 26. The molecule has 1 saturated heterocycles. The molecule has 0 aliphatic carbocycles. The molecule has 0 saturated carbocycles. The van der Waals surface area contributed by atoms with Gasteiger partial charge in [-0.1, -0.05) is 66.7 Å². The molecule has 0 aromatic heterocycles. The molecule has 0 aromatic carbocycles. The summed E-state index contributed by atoms with van der Waals surface area (Å²) in [6.45, 7) is 10.9. The molecule has 0 aromatic rings. The molecule has 1 aliphatic heterocycles. The zero-order chi connectivity index (χ0) is 56.8. The highest BCUT2D eigenvalue weighted by molar-refractivity contribution is 5.98. The van der Waals surface area contributed by atoms with Gasteiger partial charge in [-0.2, -0.15) is 0 Å². The summed E-state index contributed by atoms with van der Waals surface area (Å²) in [7, 11) is 0. The van der Waals surface area contributed by atoms with Crippen LogP contribution in [0.15, 0.2) is 0 Å². The third-order valence-corrected chi connectivity index (χ3v) is 12.3. The third-order valence-electron chi connectivity index (χ3n) is 12.3. The molecule has 0 bridgehead atoms. The van der Waals surface area contributed by atoms with Crippen LogP contribution < -0.4 is 76.1 Å². The number of unbranched alkanes of at least 4 members (excludes halogenated alkanes) is 5. The van der Waals surface area contributed by atoms with E-state index in [-0.39, 0.29) is 83.0 Å². The van der Waals surface area contributed by atoms with Crippen LogP contribution in [0.5, 0.6) is 0 Å². The minimum atomic E-state index is -1.65. The van der Waals surface area contributed by atoms with Gasteiger partial charge < -0.3 is 86.3 Å². The van der Waals surface area contributed by atoms with E-state index in [1.54, 1.807) is 27.7 Å². The molecule has 26 heteroatoms. The van der Waals surface area contributed by atoms with Gasteiger partial charge >= 0.3 is 0 Å². The molecule has 1 rings (SSSR count). The number of aliphatic hydroxyl groups excluding tert-OH is 2. The second kappa shape index (κ2) is 36.4. The molecule has 26 nitrogen and oxygen atoms in total. The van der Waals surface area contributed by atoms with E-state index in [1.807, 2.05) is 0 Å². The van der Waals surface area contributed by atoms with Gasteiger partial charge in [0.2, 0.25) is 59.1 Å². The topological polar surface area (TPSA) is 436 Å². The Morgan fingerprint density at radius 2 is 1.00 bits per heavy atom. The van der Waals surface area contributed by atoms with Gasteiger partial charge in [-0.15, -0.1) is 0 Å². The SMILES string of the molecule is CCCCCCCCC(=O)NC(C(=O)NC(CCN)C(=O)NC1CCNC(=O)C(C(C)O)NC(=O)C(CCN)NC(=O)C(CCN)NC(=O)C(CC(C)C)NC(=O)C(CC(C)C)NC(=O)C(CCN)NC1=O)C(C)O. The molecule has 20 N–H and O–H groups in total. The van der Waals surface area contributed by atoms with E-state index in [9.17, 15) is 58.2 Å². The number of hydrogen-bond acceptors (Lipinski definition) is 16. The van der Waals surface area contributed by atoms with Crippen LogP contribution in [-0.2, 0) is 47.9 Å². The summed E-state index contributed by atoms with van der Waals surface area (Å²) in [6.07, 6.45) is 1.80. The summed E-state index contributed by atoms with van der Waals surface area (Å²) in [4.78, 5) is 138. The average molecular weight is 1070 g/mol. The Labute approximate surface area is 441 Å². The summed E-state index contributed by atoms with van der Waals surface area (Å²) >= 11 is 0. The van der Waals surface area contributed by atoms with Crippen LogP contribution in [0.1, 0.15) is 138 Å². The summed E-state index contributed by atoms with van der Waals surface area (Å²) in [6, 6.07) is -12.8. The standard InChI is InChI=1S/C49H92N14O12/c1-8-9-10-11-12-13-14-38(66)62-40(30(7)65)49(75)59-33(17-22-52)42(68)58-35-19-24-54-48(74)39(29(6)64)63-45(71)34(18-23-53)56-41(67)31(15-20-50)57-46(72)36(25-27(2)3)61-47(73)37(26-28(4)5)60-43(69)32(16-21-51)55-44(35)70/h27-37,39-40,64-65H,8-26,50-53H2,1-7H3,(H,54,74)(H,55,70)(H,56,67)(H,57,72)(H,58,68)(H,59,75)(H,60,69)(H,61,73)(H,62,66)(H,63,71). The number of nitrogens with two attached hydrogens (primary N) is 4. The lowest BCUT2D eigenvalue weighted by Crippen LogP contribution is -2.61. The molecule has 11 unspecified atom stereocenters. The molecule has 10 amide bonds. The summed E-state index contributed by atoms with van der Waals surface area (Å²) in [5.41, 5.74) is 23.4. The Balaban J connectivity index is 3.81. The molecule has 11 atom stereocenters. The highest BCUT2D eigenvalue weighted by atomic mass is 16.3. The summed E-state index contributed by atoms with van der Waals surface area (Å²) < 4.78 is 0. The van der Waals surface area contributed by atoms with Crippen molar-refractivity contribution in [2.45, 2.75) is 205 Å². The lowest BCUT2D eigenvalue weighted by molar-refractivity contribution is -0.136. The average Bonchev–Trinajstić information content (AvgIpc) is 3.33. The van der Waals surface area contributed by atoms with Crippen molar-refractivity contribution in [1.29, 1.82) is 0 Å². The van der Waals surface area contributed by atoms with Gasteiger partial charge in [-0.05, 0) is 103 Å². The first-order chi connectivity index (χ1) is 35.4. The fourth-order valence-electron chi connectivity index (χ4n) is 8.14. The number of hydrogen-bond donors (Lipinski definition) is 16. The predicted octanol–water partition coefficient (Wildman–Crippen LogP) is -4.13. The van der Waals surface area contributed by atoms with E-state index in [1.165, 1.54) is 13.8 Å². The fraction of sp³-hybridized carbons (Fsp3) is 0.796. The van der Waals surface area contributed by atoms with Gasteiger partial charge in [0.1, 0.15) is 54.4 Å². The number of carbonyl (C=O) groups is 10. The molecular weight excluding hydrogens is 977 g/mol. The lowest BCUT2D eigenvalue weighted by Gasteiger charge is -2.29. The summed E-state index contributed by atoms with van der Waals surface area (Å²) in [5, 5.41) is 46.8. The second-order valence-electron chi connectivity index (χ2n) is 20.1. The number of amides is 10. The lowest BCUT2D eigenvalue weighted by atomic mass is 9.99. The second-order valence-corrected chi connectivity index (χ2v) is 20.1. The van der Waals surface area contributed by atoms with E-state index in [0.29, 0.717) is 6.42 Å². The quantitative estimate of drug-likeness (QED) is 0.0366. The maximum absolute atomic E-state index is 14.3. The van der Waals surface area contributed by atoms with Crippen molar-refractivity contribution >= 4 is 59.1 Å². The highest BCUT2D eigenvalue weighted by Crippen LogP contribution is 2.12. The highest BCUT2D eigenvalue weighted by Gasteiger charge is 2.37. The van der Waals surface area contributed by atoms with Crippen molar-refractivity contribution in [3.8, 4) is 0 Å². The van der Waals surface area contributed by atoms with Crippen molar-refractivity contribution in [1.82, 2.24) is 53.2 Å². The maximum atomic E-state index is 14.3. The van der Waals surface area contributed by atoms with E-state index in [4.69, 9.17) is 22.9 Å². The van der Waals surface area contributed by atoms with Crippen molar-refractivity contribution in [2.75, 3.05) is 32.7 Å².